The summed E-state index contributed by atoms with van der Waals surface area (Å²) in [4.78, 5) is 27.1. The van der Waals surface area contributed by atoms with Gasteiger partial charge in [0, 0.05) is 17.7 Å². The number of nitrogens with zero attached hydrogens (tertiary/aromatic N) is 1. The van der Waals surface area contributed by atoms with Crippen LogP contribution < -0.4 is 4.90 Å². The first-order valence-electron chi connectivity index (χ1n) is 11.4. The van der Waals surface area contributed by atoms with Crippen molar-refractivity contribution in [2.75, 3.05) is 12.0 Å². The number of aromatic carboxylic acids is 1. The van der Waals surface area contributed by atoms with Crippen molar-refractivity contribution in [3.05, 3.63) is 63.9 Å². The summed E-state index contributed by atoms with van der Waals surface area (Å²) in [6.45, 7) is 5.89. The predicted molar refractivity (Wildman–Crippen MR) is 131 cm³/mol. The molecule has 1 aromatic carbocycles. The minimum Gasteiger partial charge on any atom is -0.477 e. The van der Waals surface area contributed by atoms with E-state index in [9.17, 15) is 14.7 Å². The molecule has 3 atom stereocenters. The largest absolute Gasteiger partial charge is 0.477 e. The second-order valence-electron chi connectivity index (χ2n) is 8.73. The van der Waals surface area contributed by atoms with Crippen LogP contribution in [0.25, 0.3) is 0 Å². The van der Waals surface area contributed by atoms with Gasteiger partial charge in [-0.25, -0.2) is 4.79 Å². The Hall–Kier alpha value is -2.48. The molecule has 178 valence electrons. The third-order valence-electron chi connectivity index (χ3n) is 6.14. The van der Waals surface area contributed by atoms with Crippen molar-refractivity contribution >= 4 is 28.9 Å². The van der Waals surface area contributed by atoms with Crippen LogP contribution in [-0.2, 0) is 16.0 Å². The second-order valence-corrected chi connectivity index (χ2v) is 9.90. The van der Waals surface area contributed by atoms with Crippen molar-refractivity contribution in [2.45, 2.75) is 70.1 Å². The first-order chi connectivity index (χ1) is 15.8. The van der Waals surface area contributed by atoms with Crippen LogP contribution in [0.1, 0.15) is 71.7 Å². The number of carbonyl (C=O) groups is 2. The molecule has 2 heterocycles. The summed E-state index contributed by atoms with van der Waals surface area (Å²) in [5, 5.41) is 19.6. The number of allylic oxidation sites excluding steroid dienone is 1. The van der Waals surface area contributed by atoms with E-state index < -0.39 is 12.1 Å². The molecule has 0 aliphatic carbocycles. The fourth-order valence-corrected chi connectivity index (χ4v) is 5.27. The van der Waals surface area contributed by atoms with Gasteiger partial charge in [0.1, 0.15) is 4.88 Å². The standard InChI is InChI=1S/C26H33NO5S/c1-17(2)6-4-9-22(28)18-10-12-19(13-11-18)27-21(23(32-3)16-25(27)29)8-5-7-20-14-15-24(33-20)26(30)31/h10-15,21-23,28H,1,4-9,16H2,2-3H3,(H,30,31). The Kier molecular flexibility index (Phi) is 8.83. The molecule has 1 fully saturated rings. The molecule has 1 aliphatic rings. The quantitative estimate of drug-likeness (QED) is 0.407. The van der Waals surface area contributed by atoms with E-state index in [4.69, 9.17) is 9.84 Å². The van der Waals surface area contributed by atoms with Crippen LogP contribution in [0, 0.1) is 0 Å². The van der Waals surface area contributed by atoms with Gasteiger partial charge in [0.25, 0.3) is 0 Å². The molecule has 2 N–H and O–H groups in total. The molecule has 2 aromatic rings. The molecule has 1 saturated heterocycles. The highest BCUT2D eigenvalue weighted by atomic mass is 32.1. The molecule has 3 rings (SSSR count). The number of rotatable bonds is 12. The Morgan fingerprint density at radius 1 is 1.24 bits per heavy atom. The van der Waals surface area contributed by atoms with Crippen molar-refractivity contribution in [3.8, 4) is 0 Å². The van der Waals surface area contributed by atoms with Gasteiger partial charge in [-0.15, -0.1) is 17.9 Å². The highest BCUT2D eigenvalue weighted by Gasteiger charge is 2.40. The lowest BCUT2D eigenvalue weighted by Crippen LogP contribution is -2.37. The van der Waals surface area contributed by atoms with Crippen LogP contribution >= 0.6 is 11.3 Å². The zero-order valence-corrected chi connectivity index (χ0v) is 20.1. The Morgan fingerprint density at radius 2 is 1.97 bits per heavy atom. The van der Waals surface area contributed by atoms with Crippen LogP contribution in [0.5, 0.6) is 0 Å². The van der Waals surface area contributed by atoms with Crippen LogP contribution in [0.3, 0.4) is 0 Å². The molecule has 3 unspecified atom stereocenters. The number of aliphatic hydroxyl groups is 1. The average Bonchev–Trinajstić information content (AvgIpc) is 3.38. The van der Waals surface area contributed by atoms with Crippen LogP contribution in [0.2, 0.25) is 0 Å². The van der Waals surface area contributed by atoms with Gasteiger partial charge < -0.3 is 19.8 Å². The van der Waals surface area contributed by atoms with Gasteiger partial charge in [-0.05, 0) is 75.3 Å². The van der Waals surface area contributed by atoms with Gasteiger partial charge >= 0.3 is 5.97 Å². The molecule has 0 radical (unpaired) electrons. The van der Waals surface area contributed by atoms with Gasteiger partial charge in [0.2, 0.25) is 5.91 Å². The maximum atomic E-state index is 12.8. The molecule has 1 aliphatic heterocycles. The number of carboxylic acid groups (broad SMARTS) is 1. The Morgan fingerprint density at radius 3 is 2.58 bits per heavy atom. The predicted octanol–water partition coefficient (Wildman–Crippen LogP) is 5.37. The first-order valence-corrected chi connectivity index (χ1v) is 12.2. The average molecular weight is 472 g/mol. The minimum atomic E-state index is -0.900. The number of methoxy groups -OCH3 is 1. The lowest BCUT2D eigenvalue weighted by molar-refractivity contribution is -0.117. The van der Waals surface area contributed by atoms with Gasteiger partial charge in [-0.2, -0.15) is 0 Å². The Labute approximate surface area is 199 Å². The second kappa shape index (κ2) is 11.6. The van der Waals surface area contributed by atoms with E-state index in [2.05, 4.69) is 6.58 Å². The molecule has 0 saturated carbocycles. The van der Waals surface area contributed by atoms with E-state index >= 15 is 0 Å². The van der Waals surface area contributed by atoms with Crippen molar-refractivity contribution in [1.82, 2.24) is 0 Å². The number of aryl methyl sites for hydroxylation is 1. The lowest BCUT2D eigenvalue weighted by Gasteiger charge is -2.28. The van der Waals surface area contributed by atoms with E-state index in [-0.39, 0.29) is 18.1 Å². The summed E-state index contributed by atoms with van der Waals surface area (Å²) >= 11 is 1.30. The van der Waals surface area contributed by atoms with E-state index in [1.165, 1.54) is 11.3 Å². The van der Waals surface area contributed by atoms with E-state index in [1.807, 2.05) is 42.2 Å². The van der Waals surface area contributed by atoms with Crippen LogP contribution in [0.15, 0.2) is 48.6 Å². The third kappa shape index (κ3) is 6.53. The monoisotopic (exact) mass is 471 g/mol. The number of benzene rings is 1. The Bertz CT molecular complexity index is 967. The molecule has 0 spiro atoms. The highest BCUT2D eigenvalue weighted by molar-refractivity contribution is 7.13. The maximum absolute atomic E-state index is 12.8. The fraction of sp³-hybridized carbons (Fsp3) is 0.462. The summed E-state index contributed by atoms with van der Waals surface area (Å²) in [6.07, 6.45) is 4.45. The summed E-state index contributed by atoms with van der Waals surface area (Å²) in [7, 11) is 1.64. The van der Waals surface area contributed by atoms with Crippen molar-refractivity contribution in [3.63, 3.8) is 0 Å². The number of amides is 1. The van der Waals surface area contributed by atoms with Crippen LogP contribution in [-0.4, -0.2) is 41.3 Å². The van der Waals surface area contributed by atoms with Crippen molar-refractivity contribution in [1.29, 1.82) is 0 Å². The van der Waals surface area contributed by atoms with Gasteiger partial charge in [0.15, 0.2) is 0 Å². The van der Waals surface area contributed by atoms with Crippen molar-refractivity contribution in [2.24, 2.45) is 0 Å². The number of ether oxygens (including phenoxy) is 1. The lowest BCUT2D eigenvalue weighted by atomic mass is 10.0. The number of anilines is 1. The molecular weight excluding hydrogens is 438 g/mol. The SMILES string of the molecule is C=C(C)CCCC(O)c1ccc(N2C(=O)CC(OC)C2CCCc2ccc(C(=O)O)s2)cc1. The van der Waals surface area contributed by atoms with Gasteiger partial charge in [0.05, 0.1) is 24.7 Å². The molecular formula is C26H33NO5S. The topological polar surface area (TPSA) is 87.1 Å². The zero-order chi connectivity index (χ0) is 24.0. The van der Waals surface area contributed by atoms with Gasteiger partial charge in [-0.1, -0.05) is 17.7 Å². The third-order valence-corrected chi connectivity index (χ3v) is 7.27. The number of hydrogen-bond acceptors (Lipinski definition) is 5. The molecule has 1 aromatic heterocycles. The Balaban J connectivity index is 1.64. The smallest absolute Gasteiger partial charge is 0.345 e. The highest BCUT2D eigenvalue weighted by Crippen LogP contribution is 2.33. The number of carbonyl (C=O) groups excluding carboxylic acids is 1. The molecule has 0 bridgehead atoms. The maximum Gasteiger partial charge on any atom is 0.345 e. The molecule has 33 heavy (non-hydrogen) atoms. The van der Waals surface area contributed by atoms with E-state index in [0.717, 1.165) is 53.8 Å². The first kappa shape index (κ1) is 25.1. The van der Waals surface area contributed by atoms with Gasteiger partial charge in [-0.3, -0.25) is 4.79 Å². The number of thiophene rings is 1. The summed E-state index contributed by atoms with van der Waals surface area (Å²) in [6, 6.07) is 11.0. The molecule has 1 amide bonds. The normalized spacial score (nSPS) is 19.1. The van der Waals surface area contributed by atoms with Crippen molar-refractivity contribution < 1.29 is 24.5 Å². The number of hydrogen-bond donors (Lipinski definition) is 2. The number of aliphatic hydroxyl groups excluding tert-OH is 1. The summed E-state index contributed by atoms with van der Waals surface area (Å²) < 4.78 is 5.63. The summed E-state index contributed by atoms with van der Waals surface area (Å²) in [5.41, 5.74) is 2.77. The molecule has 7 heteroatoms. The zero-order valence-electron chi connectivity index (χ0n) is 19.3. The fourth-order valence-electron chi connectivity index (χ4n) is 4.38. The van der Waals surface area contributed by atoms with Crippen LogP contribution in [0.4, 0.5) is 5.69 Å². The van der Waals surface area contributed by atoms with E-state index in [1.54, 1.807) is 13.2 Å². The summed E-state index contributed by atoms with van der Waals surface area (Å²) in [5.74, 6) is -0.867. The molecule has 6 nitrogen and oxygen atoms in total. The number of carboxylic acids is 1. The van der Waals surface area contributed by atoms with E-state index in [0.29, 0.717) is 17.7 Å². The minimum absolute atomic E-state index is 0.0332.